The summed E-state index contributed by atoms with van der Waals surface area (Å²) in [5.74, 6) is 0. The van der Waals surface area contributed by atoms with E-state index in [1.807, 2.05) is 0 Å². The first-order chi connectivity index (χ1) is 9.22. The highest BCUT2D eigenvalue weighted by molar-refractivity contribution is 5.24. The predicted molar refractivity (Wildman–Crippen MR) is 77.3 cm³/mol. The average Bonchev–Trinajstić information content (AvgIpc) is 2.99. The zero-order chi connectivity index (χ0) is 13.7. The Morgan fingerprint density at radius 2 is 2.26 bits per heavy atom. The van der Waals surface area contributed by atoms with Crippen LogP contribution in [0.15, 0.2) is 0 Å². The molecule has 0 saturated carbocycles. The molecule has 1 aromatic rings. The van der Waals surface area contributed by atoms with E-state index in [2.05, 4.69) is 35.9 Å². The molecule has 1 fully saturated rings. The number of nitrogens with zero attached hydrogens (tertiary/aromatic N) is 2. The first kappa shape index (κ1) is 14.5. The Kier molecular flexibility index (Phi) is 5.40. The highest BCUT2D eigenvalue weighted by atomic mass is 16.5. The molecule has 1 aliphatic heterocycles. The molecule has 1 aliphatic rings. The molecular weight excluding hydrogens is 238 g/mol. The summed E-state index contributed by atoms with van der Waals surface area (Å²) in [5, 5.41) is 8.14. The predicted octanol–water partition coefficient (Wildman–Crippen LogP) is 2.57. The number of rotatable bonds is 7. The van der Waals surface area contributed by atoms with Crippen molar-refractivity contribution in [2.75, 3.05) is 13.2 Å². The second-order valence-electron chi connectivity index (χ2n) is 5.47. The third-order valence-corrected chi connectivity index (χ3v) is 3.95. The van der Waals surface area contributed by atoms with E-state index in [1.54, 1.807) is 0 Å². The minimum atomic E-state index is 0.450. The topological polar surface area (TPSA) is 39.1 Å². The molecule has 1 atom stereocenters. The summed E-state index contributed by atoms with van der Waals surface area (Å²) in [5.41, 5.74) is 3.83. The minimum absolute atomic E-state index is 0.450. The molecule has 1 saturated heterocycles. The van der Waals surface area contributed by atoms with Gasteiger partial charge in [-0.3, -0.25) is 4.68 Å². The van der Waals surface area contributed by atoms with E-state index in [9.17, 15) is 0 Å². The average molecular weight is 265 g/mol. The van der Waals surface area contributed by atoms with E-state index in [4.69, 9.17) is 4.74 Å². The Morgan fingerprint density at radius 1 is 1.42 bits per heavy atom. The zero-order valence-corrected chi connectivity index (χ0v) is 12.5. The lowest BCUT2D eigenvalue weighted by molar-refractivity contribution is 0.0992. The van der Waals surface area contributed by atoms with Crippen LogP contribution < -0.4 is 5.32 Å². The highest BCUT2D eigenvalue weighted by Crippen LogP contribution is 2.18. The summed E-state index contributed by atoms with van der Waals surface area (Å²) in [7, 11) is 0. The molecule has 2 heterocycles. The van der Waals surface area contributed by atoms with Gasteiger partial charge >= 0.3 is 0 Å². The fraction of sp³-hybridized carbons (Fsp3) is 0.800. The minimum Gasteiger partial charge on any atom is -0.378 e. The molecule has 1 aromatic heterocycles. The van der Waals surface area contributed by atoms with Crippen molar-refractivity contribution in [2.45, 2.75) is 65.6 Å². The molecular formula is C15H27N3O. The highest BCUT2D eigenvalue weighted by Gasteiger charge is 2.17. The lowest BCUT2D eigenvalue weighted by Crippen LogP contribution is -2.15. The molecule has 2 rings (SSSR count). The summed E-state index contributed by atoms with van der Waals surface area (Å²) in [6, 6.07) is 0. The Labute approximate surface area is 116 Å². The largest absolute Gasteiger partial charge is 0.378 e. The number of nitrogens with one attached hydrogen (secondary N) is 1. The van der Waals surface area contributed by atoms with Gasteiger partial charge in [0.25, 0.3) is 0 Å². The molecule has 0 spiro atoms. The third kappa shape index (κ3) is 3.80. The van der Waals surface area contributed by atoms with Crippen LogP contribution in [0.2, 0.25) is 0 Å². The number of hydrogen-bond acceptors (Lipinski definition) is 3. The van der Waals surface area contributed by atoms with Crippen LogP contribution in [0.3, 0.4) is 0 Å². The monoisotopic (exact) mass is 265 g/mol. The quantitative estimate of drug-likeness (QED) is 0.770. The Hall–Kier alpha value is -0.870. The van der Waals surface area contributed by atoms with Crippen LogP contribution in [-0.4, -0.2) is 29.0 Å². The Balaban J connectivity index is 1.91. The fourth-order valence-electron chi connectivity index (χ4n) is 2.74. The maximum Gasteiger partial charge on any atom is 0.0641 e. The maximum absolute atomic E-state index is 5.68. The zero-order valence-electron chi connectivity index (χ0n) is 12.5. The van der Waals surface area contributed by atoms with Gasteiger partial charge in [-0.15, -0.1) is 0 Å². The lowest BCUT2D eigenvalue weighted by atomic mass is 10.1. The van der Waals surface area contributed by atoms with E-state index >= 15 is 0 Å². The molecule has 4 nitrogen and oxygen atoms in total. The van der Waals surface area contributed by atoms with Gasteiger partial charge in [0, 0.05) is 31.0 Å². The van der Waals surface area contributed by atoms with Crippen LogP contribution in [-0.2, 0) is 17.8 Å². The van der Waals surface area contributed by atoms with Crippen molar-refractivity contribution in [3.63, 3.8) is 0 Å². The summed E-state index contributed by atoms with van der Waals surface area (Å²) in [6.45, 7) is 10.4. The number of hydrogen-bond donors (Lipinski definition) is 1. The molecule has 0 radical (unpaired) electrons. The molecule has 4 heteroatoms. The van der Waals surface area contributed by atoms with Crippen molar-refractivity contribution in [2.24, 2.45) is 0 Å². The van der Waals surface area contributed by atoms with Crippen molar-refractivity contribution in [1.29, 1.82) is 0 Å². The molecule has 19 heavy (non-hydrogen) atoms. The van der Waals surface area contributed by atoms with Crippen molar-refractivity contribution in [1.82, 2.24) is 15.1 Å². The standard InChI is InChI=1S/C15H27N3O/c1-4-8-16-11-15-12(2)17-18(13(15)3)9-7-14-6-5-10-19-14/h14,16H,4-11H2,1-3H3. The number of aryl methyl sites for hydroxylation is 2. The second-order valence-corrected chi connectivity index (χ2v) is 5.47. The summed E-state index contributed by atoms with van der Waals surface area (Å²) < 4.78 is 7.83. The Morgan fingerprint density at radius 3 is 2.95 bits per heavy atom. The van der Waals surface area contributed by atoms with Crippen LogP contribution in [0.4, 0.5) is 0 Å². The fourth-order valence-corrected chi connectivity index (χ4v) is 2.74. The smallest absolute Gasteiger partial charge is 0.0641 e. The first-order valence-corrected chi connectivity index (χ1v) is 7.57. The molecule has 0 bridgehead atoms. The maximum atomic E-state index is 5.68. The van der Waals surface area contributed by atoms with Crippen molar-refractivity contribution >= 4 is 0 Å². The van der Waals surface area contributed by atoms with Crippen LogP contribution >= 0.6 is 0 Å². The summed E-state index contributed by atoms with van der Waals surface area (Å²) >= 11 is 0. The van der Waals surface area contributed by atoms with Gasteiger partial charge in [0.1, 0.15) is 0 Å². The van der Waals surface area contributed by atoms with E-state index in [0.717, 1.165) is 38.4 Å². The van der Waals surface area contributed by atoms with Crippen LogP contribution in [0.1, 0.15) is 49.6 Å². The van der Waals surface area contributed by atoms with Gasteiger partial charge in [-0.2, -0.15) is 5.10 Å². The summed E-state index contributed by atoms with van der Waals surface area (Å²) in [6.07, 6.45) is 5.14. The molecule has 0 aromatic carbocycles. The van der Waals surface area contributed by atoms with Crippen molar-refractivity contribution in [3.8, 4) is 0 Å². The van der Waals surface area contributed by atoms with E-state index in [0.29, 0.717) is 6.10 Å². The molecule has 0 amide bonds. The molecule has 108 valence electrons. The molecule has 1 N–H and O–H groups in total. The second kappa shape index (κ2) is 7.06. The van der Waals surface area contributed by atoms with E-state index in [1.165, 1.54) is 30.5 Å². The lowest BCUT2D eigenvalue weighted by Gasteiger charge is -2.10. The van der Waals surface area contributed by atoms with Gasteiger partial charge in [0.2, 0.25) is 0 Å². The van der Waals surface area contributed by atoms with Gasteiger partial charge in [-0.05, 0) is 46.1 Å². The van der Waals surface area contributed by atoms with Crippen LogP contribution in [0.25, 0.3) is 0 Å². The van der Waals surface area contributed by atoms with E-state index in [-0.39, 0.29) is 0 Å². The van der Waals surface area contributed by atoms with Crippen LogP contribution in [0.5, 0.6) is 0 Å². The van der Waals surface area contributed by atoms with E-state index < -0.39 is 0 Å². The van der Waals surface area contributed by atoms with Crippen molar-refractivity contribution < 1.29 is 4.74 Å². The first-order valence-electron chi connectivity index (χ1n) is 7.57. The van der Waals surface area contributed by atoms with Crippen molar-refractivity contribution in [3.05, 3.63) is 17.0 Å². The SMILES string of the molecule is CCCNCc1c(C)nn(CCC2CCCO2)c1C. The van der Waals surface area contributed by atoms with Gasteiger partial charge < -0.3 is 10.1 Å². The Bertz CT molecular complexity index is 394. The van der Waals surface area contributed by atoms with Gasteiger partial charge in [0.05, 0.1) is 11.8 Å². The van der Waals surface area contributed by atoms with Gasteiger partial charge in [-0.1, -0.05) is 6.92 Å². The summed E-state index contributed by atoms with van der Waals surface area (Å²) in [4.78, 5) is 0. The molecule has 0 aliphatic carbocycles. The van der Waals surface area contributed by atoms with Crippen LogP contribution in [0, 0.1) is 13.8 Å². The van der Waals surface area contributed by atoms with Gasteiger partial charge in [-0.25, -0.2) is 0 Å². The normalized spacial score (nSPS) is 19.2. The van der Waals surface area contributed by atoms with Gasteiger partial charge in [0.15, 0.2) is 0 Å². The third-order valence-electron chi connectivity index (χ3n) is 3.95. The molecule has 1 unspecified atom stereocenters. The number of ether oxygens (including phenoxy) is 1. The number of aromatic nitrogens is 2.